The molecule has 0 fully saturated rings. The molecule has 0 atom stereocenters. The summed E-state index contributed by atoms with van der Waals surface area (Å²) in [6.07, 6.45) is 6.80. The summed E-state index contributed by atoms with van der Waals surface area (Å²) in [6.45, 7) is 4.27. The molecule has 0 saturated heterocycles. The fourth-order valence-electron chi connectivity index (χ4n) is 2.93. The van der Waals surface area contributed by atoms with Crippen molar-refractivity contribution in [3.8, 4) is 11.6 Å². The van der Waals surface area contributed by atoms with Crippen LogP contribution in [-0.2, 0) is 6.54 Å². The summed E-state index contributed by atoms with van der Waals surface area (Å²) < 4.78 is 3.38. The van der Waals surface area contributed by atoms with Gasteiger partial charge < -0.3 is 10.6 Å². The molecule has 4 aromatic rings. The van der Waals surface area contributed by atoms with Crippen molar-refractivity contribution in [1.29, 1.82) is 0 Å². The number of nitrogens with zero attached hydrogens (tertiary/aromatic N) is 6. The van der Waals surface area contributed by atoms with Gasteiger partial charge in [0.25, 0.3) is 0 Å². The van der Waals surface area contributed by atoms with Crippen molar-refractivity contribution in [3.63, 3.8) is 0 Å². The number of rotatable bonds is 5. The van der Waals surface area contributed by atoms with Gasteiger partial charge in [-0.15, -0.1) is 0 Å². The van der Waals surface area contributed by atoms with E-state index in [1.165, 1.54) is 0 Å². The lowest BCUT2D eigenvalue weighted by atomic mass is 10.3. The average molecular weight is 388 g/mol. The maximum atomic E-state index is 12.3. The smallest absolute Gasteiger partial charge is 0.319 e. The summed E-state index contributed by atoms with van der Waals surface area (Å²) in [6, 6.07) is 10.8. The molecule has 0 aliphatic rings. The molecule has 2 N–H and O–H groups in total. The van der Waals surface area contributed by atoms with Gasteiger partial charge in [-0.2, -0.15) is 10.2 Å². The van der Waals surface area contributed by atoms with Crippen molar-refractivity contribution < 1.29 is 4.79 Å². The molecule has 0 aromatic carbocycles. The number of hydrogen-bond donors (Lipinski definition) is 2. The van der Waals surface area contributed by atoms with Crippen LogP contribution in [0.3, 0.4) is 0 Å². The highest BCUT2D eigenvalue weighted by Gasteiger charge is 2.10. The van der Waals surface area contributed by atoms with Gasteiger partial charge in [-0.3, -0.25) is 0 Å². The van der Waals surface area contributed by atoms with E-state index in [-0.39, 0.29) is 6.03 Å². The molecule has 4 heterocycles. The molecule has 0 saturated carbocycles. The Morgan fingerprint density at radius 3 is 2.69 bits per heavy atom. The van der Waals surface area contributed by atoms with Crippen LogP contribution < -0.4 is 10.6 Å². The number of anilines is 1. The van der Waals surface area contributed by atoms with E-state index in [9.17, 15) is 4.79 Å². The number of urea groups is 1. The molecular formula is C20H20N8O. The zero-order valence-corrected chi connectivity index (χ0v) is 16.1. The molecule has 0 spiro atoms. The molecule has 0 unspecified atom stereocenters. The number of aryl methyl sites for hydroxylation is 2. The maximum Gasteiger partial charge on any atom is 0.319 e. The first-order valence-corrected chi connectivity index (χ1v) is 9.08. The Morgan fingerprint density at radius 1 is 1.10 bits per heavy atom. The van der Waals surface area contributed by atoms with Crippen LogP contribution in [0.1, 0.15) is 17.0 Å². The molecule has 4 rings (SSSR count). The van der Waals surface area contributed by atoms with Crippen LogP contribution in [0.15, 0.2) is 61.2 Å². The number of nitrogens with one attached hydrogen (secondary N) is 2. The lowest BCUT2D eigenvalue weighted by Gasteiger charge is -2.11. The molecule has 146 valence electrons. The predicted molar refractivity (Wildman–Crippen MR) is 108 cm³/mol. The second-order valence-electron chi connectivity index (χ2n) is 6.50. The van der Waals surface area contributed by atoms with Crippen LogP contribution in [-0.4, -0.2) is 35.6 Å². The zero-order chi connectivity index (χ0) is 20.2. The van der Waals surface area contributed by atoms with Crippen LogP contribution >= 0.6 is 0 Å². The Labute approximate surface area is 167 Å². The number of carbonyl (C=O) groups is 1. The quantitative estimate of drug-likeness (QED) is 0.547. The highest BCUT2D eigenvalue weighted by atomic mass is 16.2. The molecule has 0 radical (unpaired) electrons. The van der Waals surface area contributed by atoms with E-state index in [1.54, 1.807) is 52.4 Å². The number of hydrogen-bond acceptors (Lipinski definition) is 5. The fraction of sp³-hybridized carbons (Fsp3) is 0.150. The Hall–Kier alpha value is -4.01. The highest BCUT2D eigenvalue weighted by molar-refractivity contribution is 5.90. The lowest BCUT2D eigenvalue weighted by Crippen LogP contribution is -2.28. The van der Waals surface area contributed by atoms with Crippen molar-refractivity contribution in [1.82, 2.24) is 34.8 Å². The first-order valence-electron chi connectivity index (χ1n) is 9.08. The Kier molecular flexibility index (Phi) is 5.02. The zero-order valence-electron chi connectivity index (χ0n) is 16.1. The molecule has 9 nitrogen and oxygen atoms in total. The minimum atomic E-state index is -0.339. The molecule has 4 aromatic heterocycles. The van der Waals surface area contributed by atoms with Crippen molar-refractivity contribution in [2.45, 2.75) is 20.4 Å². The summed E-state index contributed by atoms with van der Waals surface area (Å²) >= 11 is 0. The largest absolute Gasteiger partial charge is 0.334 e. The van der Waals surface area contributed by atoms with E-state index in [0.29, 0.717) is 18.1 Å². The third kappa shape index (κ3) is 4.13. The van der Waals surface area contributed by atoms with Gasteiger partial charge in [-0.1, -0.05) is 6.07 Å². The van der Waals surface area contributed by atoms with Gasteiger partial charge >= 0.3 is 6.03 Å². The Morgan fingerprint density at radius 2 is 2.00 bits per heavy atom. The van der Waals surface area contributed by atoms with Gasteiger partial charge in [0, 0.05) is 37.0 Å². The van der Waals surface area contributed by atoms with E-state index in [1.807, 2.05) is 32.0 Å². The summed E-state index contributed by atoms with van der Waals surface area (Å²) in [7, 11) is 0. The minimum absolute atomic E-state index is 0.339. The SMILES string of the molecule is Cc1cc(C)n(-c2ccc(CNC(=O)Nc3cccnc3-n3cccn3)cn2)n1. The third-order valence-corrected chi connectivity index (χ3v) is 4.25. The second-order valence-corrected chi connectivity index (χ2v) is 6.50. The van der Waals surface area contributed by atoms with E-state index in [0.717, 1.165) is 22.8 Å². The van der Waals surface area contributed by atoms with Crippen LogP contribution in [0.25, 0.3) is 11.6 Å². The molecule has 29 heavy (non-hydrogen) atoms. The first kappa shape index (κ1) is 18.4. The summed E-state index contributed by atoms with van der Waals surface area (Å²) in [5.74, 6) is 1.28. The number of amides is 2. The van der Waals surface area contributed by atoms with Crippen molar-refractivity contribution >= 4 is 11.7 Å². The van der Waals surface area contributed by atoms with Gasteiger partial charge in [0.05, 0.1) is 11.4 Å². The molecular weight excluding hydrogens is 368 g/mol. The van der Waals surface area contributed by atoms with Gasteiger partial charge in [0.2, 0.25) is 0 Å². The van der Waals surface area contributed by atoms with Crippen molar-refractivity contribution in [3.05, 3.63) is 78.1 Å². The van der Waals surface area contributed by atoms with Crippen molar-refractivity contribution in [2.75, 3.05) is 5.32 Å². The van der Waals surface area contributed by atoms with Gasteiger partial charge in [0.15, 0.2) is 11.6 Å². The predicted octanol–water partition coefficient (Wildman–Crippen LogP) is 2.79. The van der Waals surface area contributed by atoms with E-state index < -0.39 is 0 Å². The Balaban J connectivity index is 1.39. The minimum Gasteiger partial charge on any atom is -0.334 e. The lowest BCUT2D eigenvalue weighted by molar-refractivity contribution is 0.251. The highest BCUT2D eigenvalue weighted by Crippen LogP contribution is 2.16. The Bertz CT molecular complexity index is 1120. The summed E-state index contributed by atoms with van der Waals surface area (Å²) in [5.41, 5.74) is 3.40. The van der Waals surface area contributed by atoms with E-state index >= 15 is 0 Å². The summed E-state index contributed by atoms with van der Waals surface area (Å²) in [5, 5.41) is 14.2. The fourth-order valence-corrected chi connectivity index (χ4v) is 2.93. The van der Waals surface area contributed by atoms with Gasteiger partial charge in [-0.05, 0) is 49.7 Å². The van der Waals surface area contributed by atoms with Crippen LogP contribution in [0.5, 0.6) is 0 Å². The van der Waals surface area contributed by atoms with Crippen molar-refractivity contribution in [2.24, 2.45) is 0 Å². The maximum absolute atomic E-state index is 12.3. The average Bonchev–Trinajstić information content (AvgIpc) is 3.37. The van der Waals surface area contributed by atoms with Crippen LogP contribution in [0.2, 0.25) is 0 Å². The monoisotopic (exact) mass is 388 g/mol. The summed E-state index contributed by atoms with van der Waals surface area (Å²) in [4.78, 5) is 21.0. The second kappa shape index (κ2) is 7.93. The topological polar surface area (TPSA) is 103 Å². The van der Waals surface area contributed by atoms with E-state index in [2.05, 4.69) is 30.8 Å². The third-order valence-electron chi connectivity index (χ3n) is 4.25. The molecule has 9 heteroatoms. The van der Waals surface area contributed by atoms with E-state index in [4.69, 9.17) is 0 Å². The van der Waals surface area contributed by atoms with Gasteiger partial charge in [0.1, 0.15) is 0 Å². The number of carbonyl (C=O) groups excluding carboxylic acids is 1. The normalized spacial score (nSPS) is 10.7. The number of pyridine rings is 2. The standard InChI is InChI=1S/C20H20N8O/c1-14-11-15(2)28(26-14)18-7-6-16(12-22-18)13-23-20(29)25-17-5-3-8-21-19(17)27-10-4-9-24-27/h3-12H,13H2,1-2H3,(H2,23,25,29). The molecule has 0 aliphatic carbocycles. The molecule has 2 amide bonds. The van der Waals surface area contributed by atoms with Gasteiger partial charge in [-0.25, -0.2) is 24.1 Å². The van der Waals surface area contributed by atoms with Crippen LogP contribution in [0.4, 0.5) is 10.5 Å². The number of aromatic nitrogens is 6. The first-order chi connectivity index (χ1) is 14.1. The molecule has 0 aliphatic heterocycles. The molecule has 0 bridgehead atoms. The van der Waals surface area contributed by atoms with Crippen LogP contribution in [0, 0.1) is 13.8 Å².